The van der Waals surface area contributed by atoms with Gasteiger partial charge >= 0.3 is 12.1 Å². The van der Waals surface area contributed by atoms with Gasteiger partial charge in [0.25, 0.3) is 0 Å². The van der Waals surface area contributed by atoms with Gasteiger partial charge in [0.1, 0.15) is 19.3 Å². The van der Waals surface area contributed by atoms with Crippen molar-refractivity contribution in [1.82, 2.24) is 5.32 Å². The van der Waals surface area contributed by atoms with Crippen LogP contribution in [-0.4, -0.2) is 80.7 Å². The van der Waals surface area contributed by atoms with Crippen molar-refractivity contribution in [2.45, 2.75) is 239 Å². The monoisotopic (exact) mass is 786 g/mol. The fourth-order valence-corrected chi connectivity index (χ4v) is 6.44. The first-order chi connectivity index (χ1) is 26.6. The van der Waals surface area contributed by atoms with Gasteiger partial charge in [-0.2, -0.15) is 0 Å². The molecule has 55 heavy (non-hydrogen) atoms. The number of ether oxygens (including phenoxy) is 5. The van der Waals surface area contributed by atoms with Gasteiger partial charge in [0.05, 0.1) is 31.0 Å². The van der Waals surface area contributed by atoms with Crippen LogP contribution in [0.2, 0.25) is 0 Å². The van der Waals surface area contributed by atoms with Crippen LogP contribution in [0.15, 0.2) is 0 Å². The van der Waals surface area contributed by atoms with Crippen LogP contribution in [0, 0.1) is 0 Å². The lowest BCUT2D eigenvalue weighted by Crippen LogP contribution is -2.36. The Morgan fingerprint density at radius 2 is 1.02 bits per heavy atom. The smallest absolute Gasteiger partial charge is 0.407 e. The molecule has 0 saturated carbocycles. The molecule has 0 aliphatic rings. The highest BCUT2D eigenvalue weighted by molar-refractivity contribution is 5.77. The third-order valence-corrected chi connectivity index (χ3v) is 11.1. The lowest BCUT2D eigenvalue weighted by Gasteiger charge is -2.30. The summed E-state index contributed by atoms with van der Waals surface area (Å²) in [7, 11) is 0. The summed E-state index contributed by atoms with van der Waals surface area (Å²) in [6.07, 6.45) is 32.6. The Hall–Kier alpha value is -1.42. The van der Waals surface area contributed by atoms with E-state index >= 15 is 0 Å². The van der Waals surface area contributed by atoms with E-state index in [4.69, 9.17) is 23.7 Å². The molecule has 9 heteroatoms. The molecule has 0 spiro atoms. The minimum atomic E-state index is -0.751. The molecule has 2 N–H and O–H groups in total. The first-order valence-corrected chi connectivity index (χ1v) is 23.2. The molecule has 3 atom stereocenters. The second-order valence-electron chi connectivity index (χ2n) is 16.5. The van der Waals surface area contributed by atoms with Crippen molar-refractivity contribution < 1.29 is 38.4 Å². The van der Waals surface area contributed by atoms with Gasteiger partial charge < -0.3 is 34.1 Å². The molecular formula is C46H91NO8. The SMILES string of the molecule is CCCCCCCCCCCCCCOC[C@H](COC(=O)NCC(=O)OCCC(C)(CC)OCCC(C)(O)CC)OCCCCCCCCCCCCCC. The average molecular weight is 786 g/mol. The number of carbonyl (C=O) groups is 2. The summed E-state index contributed by atoms with van der Waals surface area (Å²) in [5, 5.41) is 12.7. The van der Waals surface area contributed by atoms with Crippen LogP contribution in [0.5, 0.6) is 0 Å². The van der Waals surface area contributed by atoms with E-state index in [0.29, 0.717) is 45.7 Å². The highest BCUT2D eigenvalue weighted by Crippen LogP contribution is 2.23. The number of carbonyl (C=O) groups excluding carboxylic acids is 2. The Morgan fingerprint density at radius 3 is 1.49 bits per heavy atom. The predicted octanol–water partition coefficient (Wildman–Crippen LogP) is 12.2. The van der Waals surface area contributed by atoms with E-state index in [1.807, 2.05) is 27.7 Å². The van der Waals surface area contributed by atoms with Crippen LogP contribution in [-0.2, 0) is 28.5 Å². The van der Waals surface area contributed by atoms with E-state index in [2.05, 4.69) is 19.2 Å². The van der Waals surface area contributed by atoms with Crippen molar-refractivity contribution in [3.63, 3.8) is 0 Å². The van der Waals surface area contributed by atoms with E-state index in [1.54, 1.807) is 0 Å². The molecule has 0 aliphatic carbocycles. The largest absolute Gasteiger partial charge is 0.464 e. The molecule has 0 aromatic heterocycles. The standard InChI is InChI=1S/C46H91NO8/c1-7-11-13-15-17-19-21-23-25-27-29-31-35-51-40-42(52-36-32-30-28-26-24-22-20-18-16-14-12-8-2)41-54-44(49)47-39-43(48)53-37-34-46(6,10-4)55-38-33-45(5,50)9-3/h42,50H,7-41H2,1-6H3,(H,47,49)/t42-,45?,46?/m1/s1. The number of aliphatic hydroxyl groups is 1. The van der Waals surface area contributed by atoms with Crippen molar-refractivity contribution >= 4 is 12.1 Å². The number of alkyl carbamates (subject to hydrolysis) is 1. The lowest BCUT2D eigenvalue weighted by molar-refractivity contribution is -0.145. The summed E-state index contributed by atoms with van der Waals surface area (Å²) in [6, 6.07) is 0. The third kappa shape index (κ3) is 36.7. The summed E-state index contributed by atoms with van der Waals surface area (Å²) in [5.41, 5.74) is -1.22. The van der Waals surface area contributed by atoms with Gasteiger partial charge in [-0.05, 0) is 46.0 Å². The number of unbranched alkanes of at least 4 members (excludes halogenated alkanes) is 22. The fraction of sp³-hybridized carbons (Fsp3) is 0.957. The van der Waals surface area contributed by atoms with Gasteiger partial charge in [0.15, 0.2) is 0 Å². The third-order valence-electron chi connectivity index (χ3n) is 11.1. The highest BCUT2D eigenvalue weighted by atomic mass is 16.6. The summed E-state index contributed by atoms with van der Waals surface area (Å²) in [4.78, 5) is 24.8. The molecule has 0 fully saturated rings. The van der Waals surface area contributed by atoms with E-state index in [0.717, 1.165) is 25.7 Å². The van der Waals surface area contributed by atoms with Gasteiger partial charge in [0.2, 0.25) is 0 Å². The molecule has 0 rings (SSSR count). The molecule has 0 heterocycles. The second kappa shape index (κ2) is 38.1. The maximum Gasteiger partial charge on any atom is 0.407 e. The topological polar surface area (TPSA) is 113 Å². The molecule has 0 aromatic rings. The summed E-state index contributed by atoms with van der Waals surface area (Å²) < 4.78 is 29.0. The summed E-state index contributed by atoms with van der Waals surface area (Å²) in [6.45, 7) is 14.4. The van der Waals surface area contributed by atoms with Crippen molar-refractivity contribution in [2.24, 2.45) is 0 Å². The Balaban J connectivity index is 4.41. The van der Waals surface area contributed by atoms with Crippen molar-refractivity contribution in [3.8, 4) is 0 Å². The zero-order valence-corrected chi connectivity index (χ0v) is 37.1. The first-order valence-electron chi connectivity index (χ1n) is 23.2. The van der Waals surface area contributed by atoms with E-state index < -0.39 is 23.3 Å². The van der Waals surface area contributed by atoms with Crippen LogP contribution >= 0.6 is 0 Å². The lowest BCUT2D eigenvalue weighted by atomic mass is 9.97. The Bertz CT molecular complexity index is 856. The van der Waals surface area contributed by atoms with Gasteiger partial charge in [-0.15, -0.1) is 0 Å². The quantitative estimate of drug-likeness (QED) is 0.0465. The van der Waals surface area contributed by atoms with Gasteiger partial charge in [0, 0.05) is 19.6 Å². The van der Waals surface area contributed by atoms with Crippen LogP contribution in [0.3, 0.4) is 0 Å². The highest BCUT2D eigenvalue weighted by Gasteiger charge is 2.26. The molecule has 0 aromatic carbocycles. The summed E-state index contributed by atoms with van der Waals surface area (Å²) >= 11 is 0. The zero-order chi connectivity index (χ0) is 40.7. The first kappa shape index (κ1) is 53.6. The minimum Gasteiger partial charge on any atom is -0.464 e. The molecular weight excluding hydrogens is 695 g/mol. The molecule has 328 valence electrons. The predicted molar refractivity (Wildman–Crippen MR) is 228 cm³/mol. The number of hydrogen-bond acceptors (Lipinski definition) is 8. The van der Waals surface area contributed by atoms with Crippen molar-refractivity contribution in [2.75, 3.05) is 46.2 Å². The second-order valence-corrected chi connectivity index (χ2v) is 16.5. The van der Waals surface area contributed by atoms with Crippen LogP contribution in [0.4, 0.5) is 4.79 Å². The fourth-order valence-electron chi connectivity index (χ4n) is 6.44. The molecule has 1 amide bonds. The van der Waals surface area contributed by atoms with E-state index in [9.17, 15) is 14.7 Å². The normalized spacial score (nSPS) is 14.3. The Labute approximate surface area is 339 Å². The van der Waals surface area contributed by atoms with Crippen molar-refractivity contribution in [1.29, 1.82) is 0 Å². The zero-order valence-electron chi connectivity index (χ0n) is 37.1. The van der Waals surface area contributed by atoms with Crippen molar-refractivity contribution in [3.05, 3.63) is 0 Å². The number of nitrogens with one attached hydrogen (secondary N) is 1. The van der Waals surface area contributed by atoms with E-state index in [1.165, 1.54) is 135 Å². The Morgan fingerprint density at radius 1 is 0.545 bits per heavy atom. The summed E-state index contributed by atoms with van der Waals surface area (Å²) in [5.74, 6) is -0.533. The number of hydrogen-bond donors (Lipinski definition) is 2. The molecule has 2 unspecified atom stereocenters. The van der Waals surface area contributed by atoms with Crippen LogP contribution in [0.25, 0.3) is 0 Å². The molecule has 0 aliphatic heterocycles. The average Bonchev–Trinajstić information content (AvgIpc) is 3.17. The van der Waals surface area contributed by atoms with Gasteiger partial charge in [-0.25, -0.2) is 4.79 Å². The van der Waals surface area contributed by atoms with Gasteiger partial charge in [-0.3, -0.25) is 4.79 Å². The minimum absolute atomic E-state index is 0.0642. The number of esters is 1. The van der Waals surface area contributed by atoms with E-state index in [-0.39, 0.29) is 25.9 Å². The van der Waals surface area contributed by atoms with Crippen LogP contribution in [0.1, 0.15) is 221 Å². The number of rotatable bonds is 42. The van der Waals surface area contributed by atoms with Crippen LogP contribution < -0.4 is 5.32 Å². The maximum absolute atomic E-state index is 12.5. The number of amides is 1. The molecule has 0 bridgehead atoms. The molecule has 9 nitrogen and oxygen atoms in total. The maximum atomic E-state index is 12.5. The molecule has 0 saturated heterocycles. The molecule has 0 radical (unpaired) electrons. The van der Waals surface area contributed by atoms with Gasteiger partial charge in [-0.1, -0.05) is 169 Å². The Kier molecular flexibility index (Phi) is 37.1.